The maximum absolute atomic E-state index is 9.82. The number of aliphatic hydroxyl groups is 1. The average Bonchev–Trinajstić information content (AvgIpc) is 2.35. The predicted octanol–water partition coefficient (Wildman–Crippen LogP) is 5.67. The maximum Gasteiger partial charge on any atom is 0.134 e. The Labute approximate surface area is 136 Å². The fourth-order valence-corrected chi connectivity index (χ4v) is 2.60. The molecule has 2 nitrogen and oxygen atoms in total. The van der Waals surface area contributed by atoms with Gasteiger partial charge in [-0.05, 0) is 56.2 Å². The molecule has 0 heterocycles. The van der Waals surface area contributed by atoms with E-state index in [-0.39, 0.29) is 0 Å². The molecule has 0 saturated carbocycles. The Balaban J connectivity index is 2.42. The smallest absolute Gasteiger partial charge is 0.134 e. The van der Waals surface area contributed by atoms with Gasteiger partial charge >= 0.3 is 0 Å². The lowest BCUT2D eigenvalue weighted by Crippen LogP contribution is -1.97. The Morgan fingerprint density at radius 3 is 2.20 bits per heavy atom. The lowest BCUT2D eigenvalue weighted by Gasteiger charge is -2.15. The normalized spacial score (nSPS) is 12.3. The van der Waals surface area contributed by atoms with Gasteiger partial charge < -0.3 is 9.84 Å². The molecule has 20 heavy (non-hydrogen) atoms. The number of benzene rings is 2. The monoisotopic (exact) mass is 398 g/mol. The van der Waals surface area contributed by atoms with E-state index >= 15 is 0 Å². The number of rotatable bonds is 3. The van der Waals surface area contributed by atoms with Gasteiger partial charge in [-0.3, -0.25) is 0 Å². The second-order valence-corrected chi connectivity index (χ2v) is 6.54. The summed E-state index contributed by atoms with van der Waals surface area (Å²) in [5.74, 6) is 1.43. The highest BCUT2D eigenvalue weighted by Gasteiger charge is 2.12. The average molecular weight is 400 g/mol. The molecule has 2 rings (SSSR count). The van der Waals surface area contributed by atoms with Crippen LogP contribution in [-0.4, -0.2) is 5.11 Å². The van der Waals surface area contributed by atoms with E-state index in [2.05, 4.69) is 31.9 Å². The molecule has 0 spiro atoms. The molecule has 4 heteroatoms. The molecule has 0 amide bonds. The second-order valence-electron chi connectivity index (χ2n) is 4.83. The topological polar surface area (TPSA) is 29.5 Å². The lowest BCUT2D eigenvalue weighted by molar-refractivity contribution is 0.195. The largest absolute Gasteiger partial charge is 0.457 e. The van der Waals surface area contributed by atoms with Crippen LogP contribution in [-0.2, 0) is 0 Å². The van der Waals surface area contributed by atoms with Crippen molar-refractivity contribution in [2.75, 3.05) is 0 Å². The van der Waals surface area contributed by atoms with Crippen molar-refractivity contribution >= 4 is 31.9 Å². The molecule has 0 aliphatic rings. The summed E-state index contributed by atoms with van der Waals surface area (Å²) < 4.78 is 7.97. The summed E-state index contributed by atoms with van der Waals surface area (Å²) in [7, 11) is 0. The van der Waals surface area contributed by atoms with E-state index in [1.165, 1.54) is 0 Å². The van der Waals surface area contributed by atoms with Crippen LogP contribution in [0.25, 0.3) is 0 Å². The third-order valence-electron chi connectivity index (χ3n) is 3.06. The third kappa shape index (κ3) is 3.43. The Morgan fingerprint density at radius 1 is 1.05 bits per heavy atom. The van der Waals surface area contributed by atoms with Crippen LogP contribution >= 0.6 is 31.9 Å². The molecule has 0 radical (unpaired) electrons. The van der Waals surface area contributed by atoms with Gasteiger partial charge in [0.05, 0.1) is 6.10 Å². The van der Waals surface area contributed by atoms with E-state index < -0.39 is 6.10 Å². The molecule has 0 saturated heterocycles. The quantitative estimate of drug-likeness (QED) is 0.719. The highest BCUT2D eigenvalue weighted by Crippen LogP contribution is 2.34. The fourth-order valence-electron chi connectivity index (χ4n) is 2.03. The summed E-state index contributed by atoms with van der Waals surface area (Å²) in [4.78, 5) is 0. The van der Waals surface area contributed by atoms with Gasteiger partial charge in [-0.15, -0.1) is 0 Å². The van der Waals surface area contributed by atoms with Crippen molar-refractivity contribution in [1.82, 2.24) is 0 Å². The van der Waals surface area contributed by atoms with Gasteiger partial charge in [0.25, 0.3) is 0 Å². The van der Waals surface area contributed by atoms with Crippen molar-refractivity contribution in [2.45, 2.75) is 26.9 Å². The maximum atomic E-state index is 9.82. The number of hydrogen-bond donors (Lipinski definition) is 1. The molecule has 1 unspecified atom stereocenters. The van der Waals surface area contributed by atoms with Crippen LogP contribution in [0.15, 0.2) is 39.3 Å². The van der Waals surface area contributed by atoms with E-state index in [4.69, 9.17) is 4.74 Å². The van der Waals surface area contributed by atoms with Gasteiger partial charge in [-0.1, -0.05) is 37.9 Å². The number of halogens is 2. The summed E-state index contributed by atoms with van der Waals surface area (Å²) in [6.07, 6.45) is -0.573. The van der Waals surface area contributed by atoms with Crippen molar-refractivity contribution in [3.63, 3.8) is 0 Å². The standard InChI is InChI=1S/C16H16Br2O2/c1-9-6-13(7-10(2)16(9)18)20-15-8-12(17)4-5-14(15)11(3)19/h4-8,11,19H,1-3H3. The van der Waals surface area contributed by atoms with E-state index in [9.17, 15) is 5.11 Å². The van der Waals surface area contributed by atoms with Crippen molar-refractivity contribution in [3.05, 3.63) is 56.0 Å². The number of hydrogen-bond acceptors (Lipinski definition) is 2. The lowest BCUT2D eigenvalue weighted by atomic mass is 10.1. The van der Waals surface area contributed by atoms with E-state index in [0.29, 0.717) is 5.75 Å². The number of aliphatic hydroxyl groups excluding tert-OH is 1. The van der Waals surface area contributed by atoms with Crippen molar-refractivity contribution in [3.8, 4) is 11.5 Å². The molecule has 0 aliphatic heterocycles. The Kier molecular flexibility index (Phi) is 4.89. The van der Waals surface area contributed by atoms with Crippen molar-refractivity contribution in [1.29, 1.82) is 0 Å². The minimum Gasteiger partial charge on any atom is -0.457 e. The summed E-state index contributed by atoms with van der Waals surface area (Å²) in [6, 6.07) is 9.58. The molecule has 1 N–H and O–H groups in total. The van der Waals surface area contributed by atoms with Gasteiger partial charge in [0, 0.05) is 14.5 Å². The molecule has 0 fully saturated rings. The van der Waals surface area contributed by atoms with Crippen LogP contribution in [0.3, 0.4) is 0 Å². The first-order chi connectivity index (χ1) is 9.38. The summed E-state index contributed by atoms with van der Waals surface area (Å²) in [5.41, 5.74) is 3.01. The molecule has 0 aliphatic carbocycles. The first-order valence-corrected chi connectivity index (χ1v) is 7.89. The van der Waals surface area contributed by atoms with Gasteiger partial charge in [0.1, 0.15) is 11.5 Å². The van der Waals surface area contributed by atoms with Crippen LogP contribution in [0.1, 0.15) is 29.7 Å². The SMILES string of the molecule is Cc1cc(Oc2cc(Br)ccc2C(C)O)cc(C)c1Br. The second kappa shape index (κ2) is 6.29. The molecule has 2 aromatic rings. The Morgan fingerprint density at radius 2 is 1.65 bits per heavy atom. The summed E-state index contributed by atoms with van der Waals surface area (Å²) in [6.45, 7) is 5.79. The predicted molar refractivity (Wildman–Crippen MR) is 88.5 cm³/mol. The summed E-state index contributed by atoms with van der Waals surface area (Å²) in [5, 5.41) is 9.82. The van der Waals surface area contributed by atoms with Crippen LogP contribution in [0.5, 0.6) is 11.5 Å². The third-order valence-corrected chi connectivity index (χ3v) is 4.81. The molecule has 106 valence electrons. The zero-order valence-electron chi connectivity index (χ0n) is 11.6. The first kappa shape index (κ1) is 15.5. The number of ether oxygens (including phenoxy) is 1. The molecular formula is C16H16Br2O2. The minimum atomic E-state index is -0.573. The van der Waals surface area contributed by atoms with Gasteiger partial charge in [0.2, 0.25) is 0 Å². The van der Waals surface area contributed by atoms with Crippen LogP contribution < -0.4 is 4.74 Å². The Hall–Kier alpha value is -0.840. The molecule has 1 atom stereocenters. The van der Waals surface area contributed by atoms with Crippen molar-refractivity contribution in [2.24, 2.45) is 0 Å². The minimum absolute atomic E-state index is 0.573. The van der Waals surface area contributed by atoms with Crippen LogP contribution in [0.2, 0.25) is 0 Å². The fraction of sp³-hybridized carbons (Fsp3) is 0.250. The highest BCUT2D eigenvalue weighted by atomic mass is 79.9. The zero-order chi connectivity index (χ0) is 14.9. The highest BCUT2D eigenvalue weighted by molar-refractivity contribution is 9.10. The van der Waals surface area contributed by atoms with E-state index in [1.807, 2.05) is 44.2 Å². The molecule has 2 aromatic carbocycles. The number of aryl methyl sites for hydroxylation is 2. The first-order valence-electron chi connectivity index (χ1n) is 6.30. The Bertz CT molecular complexity index is 613. The van der Waals surface area contributed by atoms with Crippen LogP contribution in [0.4, 0.5) is 0 Å². The van der Waals surface area contributed by atoms with Gasteiger partial charge in [0.15, 0.2) is 0 Å². The van der Waals surface area contributed by atoms with E-state index in [0.717, 1.165) is 31.4 Å². The zero-order valence-corrected chi connectivity index (χ0v) is 14.7. The summed E-state index contributed by atoms with van der Waals surface area (Å²) >= 11 is 6.98. The van der Waals surface area contributed by atoms with Gasteiger partial charge in [-0.2, -0.15) is 0 Å². The van der Waals surface area contributed by atoms with Gasteiger partial charge in [-0.25, -0.2) is 0 Å². The van der Waals surface area contributed by atoms with E-state index in [1.54, 1.807) is 6.92 Å². The molecule has 0 bridgehead atoms. The van der Waals surface area contributed by atoms with Crippen LogP contribution in [0, 0.1) is 13.8 Å². The molecule has 0 aromatic heterocycles. The van der Waals surface area contributed by atoms with Crippen molar-refractivity contribution < 1.29 is 9.84 Å². The molecular weight excluding hydrogens is 384 g/mol.